The van der Waals surface area contributed by atoms with Crippen LogP contribution in [0.4, 0.5) is 8.78 Å². The Hall–Kier alpha value is -1.49. The van der Waals surface area contributed by atoms with Gasteiger partial charge in [-0.05, 0) is 36.0 Å². The van der Waals surface area contributed by atoms with Gasteiger partial charge >= 0.3 is 5.97 Å². The van der Waals surface area contributed by atoms with E-state index in [2.05, 4.69) is 0 Å². The number of rotatable bonds is 6. The second-order valence-corrected chi connectivity index (χ2v) is 4.95. The molecular formula is C14H19F2NO2. The van der Waals surface area contributed by atoms with Crippen LogP contribution >= 0.6 is 0 Å². The van der Waals surface area contributed by atoms with Crippen molar-refractivity contribution in [3.8, 4) is 0 Å². The summed E-state index contributed by atoms with van der Waals surface area (Å²) in [5.74, 6) is -3.35. The molecule has 0 radical (unpaired) electrons. The first kappa shape index (κ1) is 15.6. The molecule has 3 unspecified atom stereocenters. The average molecular weight is 271 g/mol. The van der Waals surface area contributed by atoms with Crippen LogP contribution in [-0.2, 0) is 4.79 Å². The number of hydrogen-bond donors (Lipinski definition) is 2. The number of carboxylic acids is 1. The molecule has 0 aliphatic heterocycles. The number of aliphatic carboxylic acids is 1. The fourth-order valence-electron chi connectivity index (χ4n) is 2.07. The maximum atomic E-state index is 13.2. The van der Waals surface area contributed by atoms with Crippen LogP contribution in [0.2, 0.25) is 0 Å². The monoisotopic (exact) mass is 271 g/mol. The maximum Gasteiger partial charge on any atom is 0.307 e. The SMILES string of the molecule is CC(CC(CN)C(=O)O)C(C)c1ccc(F)c(F)c1. The van der Waals surface area contributed by atoms with Crippen molar-refractivity contribution in [2.45, 2.75) is 26.2 Å². The van der Waals surface area contributed by atoms with Gasteiger partial charge < -0.3 is 10.8 Å². The van der Waals surface area contributed by atoms with Crippen LogP contribution in [0.5, 0.6) is 0 Å². The molecule has 1 aromatic carbocycles. The minimum atomic E-state index is -0.924. The van der Waals surface area contributed by atoms with Crippen LogP contribution < -0.4 is 5.73 Å². The molecule has 0 aliphatic carbocycles. The van der Waals surface area contributed by atoms with E-state index in [4.69, 9.17) is 10.8 Å². The molecule has 0 saturated carbocycles. The van der Waals surface area contributed by atoms with E-state index < -0.39 is 23.5 Å². The van der Waals surface area contributed by atoms with Crippen LogP contribution in [0, 0.1) is 23.5 Å². The molecule has 0 bridgehead atoms. The van der Waals surface area contributed by atoms with Crippen molar-refractivity contribution in [1.29, 1.82) is 0 Å². The summed E-state index contributed by atoms with van der Waals surface area (Å²) in [5, 5.41) is 8.97. The molecule has 3 nitrogen and oxygen atoms in total. The Morgan fingerprint density at radius 3 is 2.42 bits per heavy atom. The lowest BCUT2D eigenvalue weighted by molar-refractivity contribution is -0.142. The van der Waals surface area contributed by atoms with E-state index in [1.807, 2.05) is 13.8 Å². The molecule has 3 atom stereocenters. The Morgan fingerprint density at radius 2 is 1.95 bits per heavy atom. The highest BCUT2D eigenvalue weighted by Crippen LogP contribution is 2.29. The Labute approximate surface area is 111 Å². The summed E-state index contributed by atoms with van der Waals surface area (Å²) in [5.41, 5.74) is 6.07. The average Bonchev–Trinajstić information content (AvgIpc) is 2.37. The first-order valence-corrected chi connectivity index (χ1v) is 6.24. The number of carbonyl (C=O) groups is 1. The van der Waals surface area contributed by atoms with Gasteiger partial charge in [0.25, 0.3) is 0 Å². The topological polar surface area (TPSA) is 63.3 Å². The van der Waals surface area contributed by atoms with E-state index in [0.29, 0.717) is 12.0 Å². The standard InChI is InChI=1S/C14H19F2NO2/c1-8(5-11(7-17)14(18)19)9(2)10-3-4-12(15)13(16)6-10/h3-4,6,8-9,11H,5,7,17H2,1-2H3,(H,18,19). The molecule has 5 heteroatoms. The Morgan fingerprint density at radius 1 is 1.32 bits per heavy atom. The molecule has 1 rings (SSSR count). The van der Waals surface area contributed by atoms with Gasteiger partial charge in [0.05, 0.1) is 5.92 Å². The van der Waals surface area contributed by atoms with Gasteiger partial charge in [-0.1, -0.05) is 19.9 Å². The molecule has 0 saturated heterocycles. The van der Waals surface area contributed by atoms with E-state index in [1.165, 1.54) is 6.07 Å². The lowest BCUT2D eigenvalue weighted by Gasteiger charge is -2.23. The zero-order valence-corrected chi connectivity index (χ0v) is 11.1. The zero-order valence-electron chi connectivity index (χ0n) is 11.1. The first-order valence-electron chi connectivity index (χ1n) is 6.24. The van der Waals surface area contributed by atoms with Crippen molar-refractivity contribution in [2.24, 2.45) is 17.6 Å². The summed E-state index contributed by atoms with van der Waals surface area (Å²) >= 11 is 0. The maximum absolute atomic E-state index is 13.2. The third kappa shape index (κ3) is 3.99. The summed E-state index contributed by atoms with van der Waals surface area (Å²) in [7, 11) is 0. The third-order valence-corrected chi connectivity index (χ3v) is 3.61. The van der Waals surface area contributed by atoms with Crippen molar-refractivity contribution in [3.05, 3.63) is 35.4 Å². The number of hydrogen-bond acceptors (Lipinski definition) is 2. The summed E-state index contributed by atoms with van der Waals surface area (Å²) in [6.07, 6.45) is 0.409. The molecule has 0 aliphatic rings. The molecule has 106 valence electrons. The van der Waals surface area contributed by atoms with Gasteiger partial charge in [0, 0.05) is 6.54 Å². The number of carboxylic acid groups (broad SMARTS) is 1. The Kier molecular flexibility index (Phi) is 5.42. The molecule has 1 aromatic rings. The molecule has 0 spiro atoms. The van der Waals surface area contributed by atoms with Crippen LogP contribution in [0.1, 0.15) is 31.7 Å². The third-order valence-electron chi connectivity index (χ3n) is 3.61. The molecule has 0 amide bonds. The highest BCUT2D eigenvalue weighted by molar-refractivity contribution is 5.70. The fraction of sp³-hybridized carbons (Fsp3) is 0.500. The number of halogens is 2. The predicted molar refractivity (Wildman–Crippen MR) is 68.7 cm³/mol. The van der Waals surface area contributed by atoms with Crippen LogP contribution in [-0.4, -0.2) is 17.6 Å². The van der Waals surface area contributed by atoms with Gasteiger partial charge in [-0.3, -0.25) is 4.79 Å². The Bertz CT molecular complexity index is 451. The van der Waals surface area contributed by atoms with Crippen molar-refractivity contribution in [2.75, 3.05) is 6.54 Å². The van der Waals surface area contributed by atoms with E-state index in [9.17, 15) is 13.6 Å². The minimum absolute atomic E-state index is 0.00881. The van der Waals surface area contributed by atoms with Crippen molar-refractivity contribution < 1.29 is 18.7 Å². The largest absolute Gasteiger partial charge is 0.481 e. The van der Waals surface area contributed by atoms with Crippen LogP contribution in [0.25, 0.3) is 0 Å². The van der Waals surface area contributed by atoms with Gasteiger partial charge in [-0.15, -0.1) is 0 Å². The molecule has 0 heterocycles. The van der Waals surface area contributed by atoms with Gasteiger partial charge in [0.15, 0.2) is 11.6 Å². The fourth-order valence-corrected chi connectivity index (χ4v) is 2.07. The zero-order chi connectivity index (χ0) is 14.6. The lowest BCUT2D eigenvalue weighted by Crippen LogP contribution is -2.26. The molecular weight excluding hydrogens is 252 g/mol. The first-order chi connectivity index (χ1) is 8.86. The molecule has 0 aromatic heterocycles. The van der Waals surface area contributed by atoms with Crippen molar-refractivity contribution >= 4 is 5.97 Å². The van der Waals surface area contributed by atoms with E-state index >= 15 is 0 Å². The summed E-state index contributed by atoms with van der Waals surface area (Å²) < 4.78 is 26.0. The second kappa shape index (κ2) is 6.61. The summed E-state index contributed by atoms with van der Waals surface area (Å²) in [4.78, 5) is 10.9. The smallest absolute Gasteiger partial charge is 0.307 e. The molecule has 3 N–H and O–H groups in total. The highest BCUT2D eigenvalue weighted by Gasteiger charge is 2.23. The van der Waals surface area contributed by atoms with Gasteiger partial charge in [0.1, 0.15) is 0 Å². The van der Waals surface area contributed by atoms with E-state index in [0.717, 1.165) is 12.1 Å². The molecule has 19 heavy (non-hydrogen) atoms. The van der Waals surface area contributed by atoms with E-state index in [-0.39, 0.29) is 18.4 Å². The van der Waals surface area contributed by atoms with Gasteiger partial charge in [0.2, 0.25) is 0 Å². The number of nitrogens with two attached hydrogens (primary N) is 1. The van der Waals surface area contributed by atoms with Crippen LogP contribution in [0.3, 0.4) is 0 Å². The lowest BCUT2D eigenvalue weighted by atomic mass is 9.83. The predicted octanol–water partition coefficient (Wildman–Crippen LogP) is 2.75. The van der Waals surface area contributed by atoms with Gasteiger partial charge in [-0.25, -0.2) is 8.78 Å². The quantitative estimate of drug-likeness (QED) is 0.836. The minimum Gasteiger partial charge on any atom is -0.481 e. The summed E-state index contributed by atoms with van der Waals surface area (Å²) in [6.45, 7) is 3.83. The normalized spacial score (nSPS) is 15.8. The summed E-state index contributed by atoms with van der Waals surface area (Å²) in [6, 6.07) is 3.78. The Balaban J connectivity index is 2.78. The highest BCUT2D eigenvalue weighted by atomic mass is 19.2. The molecule has 0 fully saturated rings. The van der Waals surface area contributed by atoms with E-state index in [1.54, 1.807) is 0 Å². The van der Waals surface area contributed by atoms with Gasteiger partial charge in [-0.2, -0.15) is 0 Å². The van der Waals surface area contributed by atoms with Crippen molar-refractivity contribution in [1.82, 2.24) is 0 Å². The second-order valence-electron chi connectivity index (χ2n) is 4.95. The number of benzene rings is 1. The van der Waals surface area contributed by atoms with Crippen molar-refractivity contribution in [3.63, 3.8) is 0 Å². The van der Waals surface area contributed by atoms with Crippen LogP contribution in [0.15, 0.2) is 18.2 Å².